The summed E-state index contributed by atoms with van der Waals surface area (Å²) in [6, 6.07) is 0. The molecule has 0 aliphatic carbocycles. The predicted octanol–water partition coefficient (Wildman–Crippen LogP) is 1.68. The Morgan fingerprint density at radius 1 is 1.16 bits per heavy atom. The minimum atomic E-state index is -0.460. The average molecular weight is 280 g/mol. The van der Waals surface area contributed by atoms with Gasteiger partial charge in [0.05, 0.1) is 16.8 Å². The van der Waals surface area contributed by atoms with Gasteiger partial charge in [-0.25, -0.2) is 9.97 Å². The Balaban J connectivity index is 2.06. The summed E-state index contributed by atoms with van der Waals surface area (Å²) in [7, 11) is -0.460. The molecule has 0 amide bonds. The molecule has 0 unspecified atom stereocenters. The number of nitrogens with zero attached hydrogens (tertiary/aromatic N) is 3. The van der Waals surface area contributed by atoms with Gasteiger partial charge in [-0.1, -0.05) is 11.6 Å². The van der Waals surface area contributed by atoms with Crippen LogP contribution in [0.2, 0.25) is 5.15 Å². The van der Waals surface area contributed by atoms with Crippen LogP contribution in [-0.2, 0) is 9.31 Å². The molecular formula is C12H15BClN3O2. The van der Waals surface area contributed by atoms with E-state index in [2.05, 4.69) is 9.97 Å². The van der Waals surface area contributed by atoms with Crippen molar-refractivity contribution in [1.29, 1.82) is 0 Å². The second-order valence-electron chi connectivity index (χ2n) is 5.68. The molecule has 5 nitrogen and oxygen atoms in total. The summed E-state index contributed by atoms with van der Waals surface area (Å²) in [5, 5.41) is 0.366. The van der Waals surface area contributed by atoms with Crippen LogP contribution in [0.3, 0.4) is 0 Å². The lowest BCUT2D eigenvalue weighted by molar-refractivity contribution is 0.00578. The van der Waals surface area contributed by atoms with Gasteiger partial charge in [0.25, 0.3) is 0 Å². The summed E-state index contributed by atoms with van der Waals surface area (Å²) in [6.07, 6.45) is 5.14. The first-order chi connectivity index (χ1) is 8.82. The second-order valence-corrected chi connectivity index (χ2v) is 6.04. The molecule has 0 radical (unpaired) electrons. The van der Waals surface area contributed by atoms with Gasteiger partial charge in [-0.3, -0.25) is 0 Å². The van der Waals surface area contributed by atoms with E-state index in [0.717, 1.165) is 5.59 Å². The molecule has 1 fully saturated rings. The molecule has 3 heterocycles. The van der Waals surface area contributed by atoms with Crippen molar-refractivity contribution in [3.05, 3.63) is 23.7 Å². The van der Waals surface area contributed by atoms with E-state index in [1.54, 1.807) is 18.6 Å². The van der Waals surface area contributed by atoms with Crippen LogP contribution in [0, 0.1) is 0 Å². The normalized spacial score (nSPS) is 21.2. The number of aromatic nitrogens is 3. The Bertz CT molecular complexity index is 625. The van der Waals surface area contributed by atoms with E-state index >= 15 is 0 Å². The summed E-state index contributed by atoms with van der Waals surface area (Å²) in [4.78, 5) is 8.27. The zero-order chi connectivity index (χ0) is 13.8. The van der Waals surface area contributed by atoms with E-state index in [-0.39, 0.29) is 11.2 Å². The van der Waals surface area contributed by atoms with Crippen LogP contribution in [0.4, 0.5) is 0 Å². The maximum atomic E-state index is 6.01. The molecule has 0 saturated carbocycles. The highest BCUT2D eigenvalue weighted by Gasteiger charge is 2.52. The minimum Gasteiger partial charge on any atom is -0.398 e. The number of halogens is 1. The van der Waals surface area contributed by atoms with Crippen molar-refractivity contribution in [3.63, 3.8) is 0 Å². The standard InChI is InChI=1S/C12H15BClN3O2/c1-11(2)12(3,4)19-13(18-11)8-7-16-10-9(14)15-5-6-17(8)10/h5-7H,1-4H3. The highest BCUT2D eigenvalue weighted by Crippen LogP contribution is 2.36. The largest absolute Gasteiger partial charge is 0.514 e. The lowest BCUT2D eigenvalue weighted by atomic mass is 9.85. The molecule has 0 spiro atoms. The van der Waals surface area contributed by atoms with Crippen molar-refractivity contribution < 1.29 is 9.31 Å². The Hall–Kier alpha value is -1.11. The second kappa shape index (κ2) is 3.94. The fraction of sp³-hybridized carbons (Fsp3) is 0.500. The topological polar surface area (TPSA) is 48.7 Å². The molecule has 0 bridgehead atoms. The smallest absolute Gasteiger partial charge is 0.398 e. The predicted molar refractivity (Wildman–Crippen MR) is 73.7 cm³/mol. The summed E-state index contributed by atoms with van der Waals surface area (Å²) < 4.78 is 13.9. The molecule has 2 aromatic rings. The van der Waals surface area contributed by atoms with Crippen molar-refractivity contribution in [1.82, 2.24) is 14.4 Å². The van der Waals surface area contributed by atoms with Crippen LogP contribution in [0.1, 0.15) is 27.7 Å². The Morgan fingerprint density at radius 3 is 2.42 bits per heavy atom. The Morgan fingerprint density at radius 2 is 1.79 bits per heavy atom. The van der Waals surface area contributed by atoms with Gasteiger partial charge in [-0.2, -0.15) is 0 Å². The van der Waals surface area contributed by atoms with Crippen molar-refractivity contribution in [2.24, 2.45) is 0 Å². The SMILES string of the molecule is CC1(C)OB(c2cnc3c(Cl)nccn23)OC1(C)C. The van der Waals surface area contributed by atoms with E-state index in [4.69, 9.17) is 20.9 Å². The Kier molecular flexibility index (Phi) is 2.68. The van der Waals surface area contributed by atoms with Gasteiger partial charge in [-0.05, 0) is 27.7 Å². The van der Waals surface area contributed by atoms with Crippen molar-refractivity contribution in [3.8, 4) is 0 Å². The molecule has 100 valence electrons. The van der Waals surface area contributed by atoms with Gasteiger partial charge in [0.1, 0.15) is 0 Å². The van der Waals surface area contributed by atoms with E-state index in [9.17, 15) is 0 Å². The summed E-state index contributed by atoms with van der Waals surface area (Å²) >= 11 is 6.01. The average Bonchev–Trinajstić information content (AvgIpc) is 2.80. The fourth-order valence-corrected chi connectivity index (χ4v) is 2.24. The fourth-order valence-electron chi connectivity index (χ4n) is 2.04. The maximum absolute atomic E-state index is 6.01. The van der Waals surface area contributed by atoms with Crippen LogP contribution in [0.15, 0.2) is 18.6 Å². The molecule has 1 aliphatic rings. The highest BCUT2D eigenvalue weighted by atomic mass is 35.5. The van der Waals surface area contributed by atoms with Crippen molar-refractivity contribution in [2.75, 3.05) is 0 Å². The molecule has 19 heavy (non-hydrogen) atoms. The van der Waals surface area contributed by atoms with Crippen LogP contribution >= 0.6 is 11.6 Å². The van der Waals surface area contributed by atoms with Crippen LogP contribution in [0.25, 0.3) is 5.65 Å². The number of imidazole rings is 1. The molecule has 3 rings (SSSR count). The van der Waals surface area contributed by atoms with Crippen molar-refractivity contribution >= 4 is 30.0 Å². The molecular weight excluding hydrogens is 264 g/mol. The summed E-state index contributed by atoms with van der Waals surface area (Å²) in [6.45, 7) is 8.07. The zero-order valence-electron chi connectivity index (χ0n) is 11.3. The number of hydrogen-bond donors (Lipinski definition) is 0. The first-order valence-corrected chi connectivity index (χ1v) is 6.53. The first-order valence-electron chi connectivity index (χ1n) is 6.15. The van der Waals surface area contributed by atoms with Crippen LogP contribution in [0.5, 0.6) is 0 Å². The third-order valence-electron chi connectivity index (χ3n) is 3.91. The van der Waals surface area contributed by atoms with Gasteiger partial charge < -0.3 is 13.7 Å². The molecule has 2 aromatic heterocycles. The third-order valence-corrected chi connectivity index (χ3v) is 4.17. The summed E-state index contributed by atoms with van der Waals surface area (Å²) in [5.74, 6) is 0. The van der Waals surface area contributed by atoms with Gasteiger partial charge >= 0.3 is 7.12 Å². The number of rotatable bonds is 1. The number of hydrogen-bond acceptors (Lipinski definition) is 4. The zero-order valence-corrected chi connectivity index (χ0v) is 12.1. The molecule has 1 saturated heterocycles. The van der Waals surface area contributed by atoms with Crippen molar-refractivity contribution in [2.45, 2.75) is 38.9 Å². The van der Waals surface area contributed by atoms with Crippen LogP contribution in [-0.4, -0.2) is 32.7 Å². The first kappa shape index (κ1) is 12.9. The molecule has 7 heteroatoms. The monoisotopic (exact) mass is 279 g/mol. The van der Waals surface area contributed by atoms with Gasteiger partial charge in [0.15, 0.2) is 10.8 Å². The molecule has 0 N–H and O–H groups in total. The minimum absolute atomic E-state index is 0.366. The molecule has 0 aromatic carbocycles. The van der Waals surface area contributed by atoms with Crippen LogP contribution < -0.4 is 5.59 Å². The molecule has 0 atom stereocenters. The quantitative estimate of drug-likeness (QED) is 0.745. The van der Waals surface area contributed by atoms with E-state index in [1.807, 2.05) is 32.1 Å². The third kappa shape index (κ3) is 1.86. The highest BCUT2D eigenvalue weighted by molar-refractivity contribution is 6.61. The maximum Gasteiger partial charge on any atom is 0.514 e. The van der Waals surface area contributed by atoms with E-state index < -0.39 is 7.12 Å². The van der Waals surface area contributed by atoms with E-state index in [0.29, 0.717) is 10.8 Å². The van der Waals surface area contributed by atoms with Gasteiger partial charge in [0.2, 0.25) is 0 Å². The van der Waals surface area contributed by atoms with Gasteiger partial charge in [0, 0.05) is 18.6 Å². The summed E-state index contributed by atoms with van der Waals surface area (Å²) in [5.41, 5.74) is 0.670. The Labute approximate surface area is 117 Å². The number of fused-ring (bicyclic) bond motifs is 1. The molecule has 1 aliphatic heterocycles. The lowest BCUT2D eigenvalue weighted by Gasteiger charge is -2.32. The van der Waals surface area contributed by atoms with Gasteiger partial charge in [-0.15, -0.1) is 0 Å². The van der Waals surface area contributed by atoms with E-state index in [1.165, 1.54) is 0 Å². The lowest BCUT2D eigenvalue weighted by Crippen LogP contribution is -2.41.